The fourth-order valence-electron chi connectivity index (χ4n) is 4.29. The van der Waals surface area contributed by atoms with Gasteiger partial charge in [-0.2, -0.15) is 5.10 Å². The third kappa shape index (κ3) is 2.91. The van der Waals surface area contributed by atoms with Gasteiger partial charge in [0.1, 0.15) is 0 Å². The van der Waals surface area contributed by atoms with E-state index in [1.807, 2.05) is 24.0 Å². The molecular formula is C18H25N5O. The standard InChI is InChI=1S/C18H25N5O/c1-21-11-14(10-20-21)12-22-8-5-17-16(22)6-9-23(17)13-15-4-3-7-19-18(15)24-2/h3-4,7,10-11,16-17H,5-6,8-9,12-13H2,1-2H3/t16-,17+/m0/s1. The normalized spacial score (nSPS) is 24.4. The fraction of sp³-hybridized carbons (Fsp3) is 0.556. The van der Waals surface area contributed by atoms with E-state index in [0.717, 1.165) is 25.5 Å². The maximum Gasteiger partial charge on any atom is 0.217 e. The van der Waals surface area contributed by atoms with Crippen LogP contribution in [-0.2, 0) is 20.1 Å². The predicted octanol–water partition coefficient (Wildman–Crippen LogP) is 1.67. The lowest BCUT2D eigenvalue weighted by Crippen LogP contribution is -2.36. The Morgan fingerprint density at radius 2 is 1.92 bits per heavy atom. The molecule has 0 N–H and O–H groups in total. The highest BCUT2D eigenvalue weighted by Crippen LogP contribution is 2.34. The Labute approximate surface area is 143 Å². The lowest BCUT2D eigenvalue weighted by atomic mass is 10.1. The molecule has 4 heterocycles. The van der Waals surface area contributed by atoms with Crippen LogP contribution in [0, 0.1) is 0 Å². The molecule has 0 unspecified atom stereocenters. The van der Waals surface area contributed by atoms with Crippen molar-refractivity contribution in [2.24, 2.45) is 7.05 Å². The molecule has 0 spiro atoms. The summed E-state index contributed by atoms with van der Waals surface area (Å²) >= 11 is 0. The Morgan fingerprint density at radius 3 is 2.58 bits per heavy atom. The number of hydrogen-bond donors (Lipinski definition) is 0. The summed E-state index contributed by atoms with van der Waals surface area (Å²) in [5.41, 5.74) is 2.50. The van der Waals surface area contributed by atoms with Gasteiger partial charge < -0.3 is 4.74 Å². The van der Waals surface area contributed by atoms with E-state index in [-0.39, 0.29) is 0 Å². The van der Waals surface area contributed by atoms with Crippen molar-refractivity contribution in [3.63, 3.8) is 0 Å². The van der Waals surface area contributed by atoms with Crippen LogP contribution >= 0.6 is 0 Å². The summed E-state index contributed by atoms with van der Waals surface area (Å²) in [4.78, 5) is 9.56. The van der Waals surface area contributed by atoms with Crippen molar-refractivity contribution in [1.82, 2.24) is 24.6 Å². The van der Waals surface area contributed by atoms with Gasteiger partial charge in [0.15, 0.2) is 0 Å². The van der Waals surface area contributed by atoms with E-state index in [2.05, 4.69) is 32.1 Å². The second kappa shape index (κ2) is 6.53. The van der Waals surface area contributed by atoms with E-state index in [1.165, 1.54) is 30.5 Å². The topological polar surface area (TPSA) is 46.4 Å². The maximum atomic E-state index is 5.41. The Balaban J connectivity index is 1.42. The van der Waals surface area contributed by atoms with Crippen LogP contribution in [0.3, 0.4) is 0 Å². The highest BCUT2D eigenvalue weighted by Gasteiger charge is 2.42. The van der Waals surface area contributed by atoms with Crippen molar-refractivity contribution in [3.8, 4) is 5.88 Å². The van der Waals surface area contributed by atoms with E-state index in [1.54, 1.807) is 13.3 Å². The van der Waals surface area contributed by atoms with Gasteiger partial charge in [-0.05, 0) is 18.9 Å². The predicted molar refractivity (Wildman–Crippen MR) is 91.6 cm³/mol. The molecule has 6 nitrogen and oxygen atoms in total. The number of fused-ring (bicyclic) bond motifs is 1. The van der Waals surface area contributed by atoms with Gasteiger partial charge in [0.2, 0.25) is 5.88 Å². The second-order valence-corrected chi connectivity index (χ2v) is 6.85. The zero-order chi connectivity index (χ0) is 16.5. The van der Waals surface area contributed by atoms with Crippen LogP contribution in [0.15, 0.2) is 30.7 Å². The second-order valence-electron chi connectivity index (χ2n) is 6.85. The first-order valence-electron chi connectivity index (χ1n) is 8.68. The van der Waals surface area contributed by atoms with Gasteiger partial charge >= 0.3 is 0 Å². The molecule has 0 aromatic carbocycles. The smallest absolute Gasteiger partial charge is 0.217 e. The highest BCUT2D eigenvalue weighted by atomic mass is 16.5. The van der Waals surface area contributed by atoms with E-state index in [4.69, 9.17) is 4.74 Å². The molecule has 2 aliphatic heterocycles. The van der Waals surface area contributed by atoms with Gasteiger partial charge in [-0.1, -0.05) is 6.07 Å². The van der Waals surface area contributed by atoms with Gasteiger partial charge in [-0.25, -0.2) is 4.98 Å². The van der Waals surface area contributed by atoms with Gasteiger partial charge in [0.05, 0.1) is 13.3 Å². The molecular weight excluding hydrogens is 302 g/mol. The number of ether oxygens (including phenoxy) is 1. The molecule has 2 atom stereocenters. The number of methoxy groups -OCH3 is 1. The van der Waals surface area contributed by atoms with Crippen LogP contribution in [0.1, 0.15) is 24.0 Å². The lowest BCUT2D eigenvalue weighted by molar-refractivity contribution is 0.211. The summed E-state index contributed by atoms with van der Waals surface area (Å²) in [5.74, 6) is 0.756. The van der Waals surface area contributed by atoms with E-state index in [9.17, 15) is 0 Å². The Morgan fingerprint density at radius 1 is 1.17 bits per heavy atom. The Kier molecular flexibility index (Phi) is 4.24. The first kappa shape index (κ1) is 15.6. The minimum atomic E-state index is 0.645. The fourth-order valence-corrected chi connectivity index (χ4v) is 4.29. The largest absolute Gasteiger partial charge is 0.481 e. The number of likely N-dealkylation sites (tertiary alicyclic amines) is 2. The molecule has 2 aliphatic rings. The van der Waals surface area contributed by atoms with Crippen LogP contribution in [0.2, 0.25) is 0 Å². The first-order valence-corrected chi connectivity index (χ1v) is 8.68. The molecule has 4 rings (SSSR count). The average Bonchev–Trinajstić information content (AvgIpc) is 3.28. The first-order chi connectivity index (χ1) is 11.7. The van der Waals surface area contributed by atoms with Gasteiger partial charge in [0.25, 0.3) is 0 Å². The monoisotopic (exact) mass is 327 g/mol. The molecule has 24 heavy (non-hydrogen) atoms. The van der Waals surface area contributed by atoms with Crippen LogP contribution < -0.4 is 4.74 Å². The summed E-state index contributed by atoms with van der Waals surface area (Å²) in [7, 11) is 3.68. The van der Waals surface area contributed by atoms with Crippen LogP contribution in [0.4, 0.5) is 0 Å². The minimum Gasteiger partial charge on any atom is -0.481 e. The number of pyridine rings is 1. The molecule has 128 valence electrons. The molecule has 0 saturated carbocycles. The Bertz CT molecular complexity index is 700. The number of aryl methyl sites for hydroxylation is 1. The van der Waals surface area contributed by atoms with Crippen molar-refractivity contribution >= 4 is 0 Å². The van der Waals surface area contributed by atoms with Crippen LogP contribution in [0.5, 0.6) is 5.88 Å². The summed E-state index contributed by atoms with van der Waals surface area (Å²) in [6.45, 7) is 4.26. The van der Waals surface area contributed by atoms with Crippen LogP contribution in [-0.4, -0.2) is 56.8 Å². The molecule has 0 bridgehead atoms. The third-order valence-corrected chi connectivity index (χ3v) is 5.37. The van der Waals surface area contributed by atoms with Crippen LogP contribution in [0.25, 0.3) is 0 Å². The molecule has 2 fully saturated rings. The van der Waals surface area contributed by atoms with E-state index >= 15 is 0 Å². The van der Waals surface area contributed by atoms with Crippen molar-refractivity contribution in [2.75, 3.05) is 20.2 Å². The van der Waals surface area contributed by atoms with Gasteiger partial charge in [0, 0.05) is 68.8 Å². The molecule has 6 heteroatoms. The summed E-state index contributed by atoms with van der Waals surface area (Å²) < 4.78 is 7.30. The number of hydrogen-bond acceptors (Lipinski definition) is 5. The zero-order valence-electron chi connectivity index (χ0n) is 14.4. The highest BCUT2D eigenvalue weighted by molar-refractivity contribution is 5.25. The number of aromatic nitrogens is 3. The quantitative estimate of drug-likeness (QED) is 0.836. The zero-order valence-corrected chi connectivity index (χ0v) is 14.4. The minimum absolute atomic E-state index is 0.645. The molecule has 2 saturated heterocycles. The summed E-state index contributed by atoms with van der Waals surface area (Å²) in [6, 6.07) is 5.43. The van der Waals surface area contributed by atoms with E-state index < -0.39 is 0 Å². The number of rotatable bonds is 5. The summed E-state index contributed by atoms with van der Waals surface area (Å²) in [5, 5.41) is 4.29. The maximum absolute atomic E-state index is 5.41. The molecule has 2 aromatic rings. The van der Waals surface area contributed by atoms with Crippen molar-refractivity contribution in [2.45, 2.75) is 38.0 Å². The number of nitrogens with zero attached hydrogens (tertiary/aromatic N) is 5. The van der Waals surface area contributed by atoms with E-state index in [0.29, 0.717) is 12.1 Å². The lowest BCUT2D eigenvalue weighted by Gasteiger charge is -2.25. The third-order valence-electron chi connectivity index (χ3n) is 5.37. The molecule has 2 aromatic heterocycles. The van der Waals surface area contributed by atoms with Crippen molar-refractivity contribution < 1.29 is 4.74 Å². The Hall–Kier alpha value is -1.92. The SMILES string of the molecule is COc1ncccc1CN1CC[C@H]2[C@H]1CCN2Cc1cnn(C)c1. The summed E-state index contributed by atoms with van der Waals surface area (Å²) in [6.07, 6.45) is 8.39. The van der Waals surface area contributed by atoms with Gasteiger partial charge in [-0.3, -0.25) is 14.5 Å². The van der Waals surface area contributed by atoms with Crippen molar-refractivity contribution in [1.29, 1.82) is 0 Å². The molecule has 0 aliphatic carbocycles. The van der Waals surface area contributed by atoms with Gasteiger partial charge in [-0.15, -0.1) is 0 Å². The molecule has 0 radical (unpaired) electrons. The molecule has 0 amide bonds. The average molecular weight is 327 g/mol. The van der Waals surface area contributed by atoms with Crippen molar-refractivity contribution in [3.05, 3.63) is 41.9 Å².